The average Bonchev–Trinajstić information content (AvgIpc) is 3.18. The summed E-state index contributed by atoms with van der Waals surface area (Å²) in [5.74, 6) is 0.838. The Hall–Kier alpha value is -3.18. The molecule has 0 aliphatic rings. The molecule has 4 rings (SSSR count). The lowest BCUT2D eigenvalue weighted by Crippen LogP contribution is -2.35. The highest BCUT2D eigenvalue weighted by Gasteiger charge is 2.13. The Bertz CT molecular complexity index is 1110. The summed E-state index contributed by atoms with van der Waals surface area (Å²) in [6, 6.07) is 21.3. The third kappa shape index (κ3) is 4.69. The molecule has 0 amide bonds. The molecule has 5 nitrogen and oxygen atoms in total. The number of H-pyrrole nitrogens is 1. The largest absolute Gasteiger partial charge is 0.363 e. The van der Waals surface area contributed by atoms with Crippen LogP contribution in [0.1, 0.15) is 44.9 Å². The van der Waals surface area contributed by atoms with Crippen molar-refractivity contribution in [3.63, 3.8) is 0 Å². The summed E-state index contributed by atoms with van der Waals surface area (Å²) < 4.78 is 0. The Kier molecular flexibility index (Phi) is 5.55. The molecule has 5 heteroatoms. The van der Waals surface area contributed by atoms with Crippen LogP contribution in [0.2, 0.25) is 0 Å². The van der Waals surface area contributed by atoms with Gasteiger partial charge in [-0.1, -0.05) is 54.6 Å². The topological polar surface area (TPSA) is 65.6 Å². The number of fused-ring (bicyclic) bond motifs is 1. The molecule has 0 bridgehead atoms. The Labute approximate surface area is 178 Å². The lowest BCUT2D eigenvalue weighted by Gasteiger charge is -2.20. The van der Waals surface area contributed by atoms with Crippen molar-refractivity contribution in [2.45, 2.75) is 45.8 Å². The van der Waals surface area contributed by atoms with Crippen LogP contribution in [-0.2, 0) is 6.54 Å². The predicted molar refractivity (Wildman–Crippen MR) is 124 cm³/mol. The SMILES string of the molecule is C[C@@H](Nc1ncnc2[nH]c(-c3ccc(CNC(C)(C)C)cc3)cc12)c1ccccc1. The molecular weight excluding hydrogens is 370 g/mol. The number of nitrogens with zero attached hydrogens (tertiary/aromatic N) is 2. The number of aromatic nitrogens is 3. The second kappa shape index (κ2) is 8.28. The molecule has 2 aromatic heterocycles. The molecule has 0 saturated carbocycles. The lowest BCUT2D eigenvalue weighted by atomic mass is 10.1. The van der Waals surface area contributed by atoms with E-state index >= 15 is 0 Å². The van der Waals surface area contributed by atoms with Crippen LogP contribution < -0.4 is 10.6 Å². The summed E-state index contributed by atoms with van der Waals surface area (Å²) in [6.07, 6.45) is 1.60. The van der Waals surface area contributed by atoms with Crippen LogP contribution in [0.3, 0.4) is 0 Å². The quantitative estimate of drug-likeness (QED) is 0.390. The van der Waals surface area contributed by atoms with E-state index in [2.05, 4.69) is 108 Å². The van der Waals surface area contributed by atoms with Gasteiger partial charge in [0.05, 0.1) is 5.39 Å². The first-order valence-corrected chi connectivity index (χ1v) is 10.4. The molecule has 154 valence electrons. The lowest BCUT2D eigenvalue weighted by molar-refractivity contribution is 0.424. The molecule has 0 spiro atoms. The first-order chi connectivity index (χ1) is 14.4. The van der Waals surface area contributed by atoms with E-state index < -0.39 is 0 Å². The second-order valence-electron chi connectivity index (χ2n) is 8.74. The van der Waals surface area contributed by atoms with E-state index in [0.29, 0.717) is 0 Å². The minimum atomic E-state index is 0.106. The van der Waals surface area contributed by atoms with Crippen molar-refractivity contribution in [1.82, 2.24) is 20.3 Å². The Morgan fingerprint density at radius 2 is 1.70 bits per heavy atom. The molecule has 0 fully saturated rings. The number of hydrogen-bond donors (Lipinski definition) is 3. The maximum atomic E-state index is 4.49. The van der Waals surface area contributed by atoms with E-state index in [-0.39, 0.29) is 11.6 Å². The highest BCUT2D eigenvalue weighted by atomic mass is 15.1. The summed E-state index contributed by atoms with van der Waals surface area (Å²) in [5.41, 5.74) is 5.60. The molecule has 30 heavy (non-hydrogen) atoms. The zero-order chi connectivity index (χ0) is 21.1. The monoisotopic (exact) mass is 399 g/mol. The minimum absolute atomic E-state index is 0.106. The van der Waals surface area contributed by atoms with Gasteiger partial charge in [-0.05, 0) is 50.5 Å². The van der Waals surface area contributed by atoms with Gasteiger partial charge in [0.2, 0.25) is 0 Å². The van der Waals surface area contributed by atoms with Gasteiger partial charge in [-0.15, -0.1) is 0 Å². The van der Waals surface area contributed by atoms with Crippen LogP contribution >= 0.6 is 0 Å². The molecule has 2 aromatic carbocycles. The van der Waals surface area contributed by atoms with Gasteiger partial charge in [-0.3, -0.25) is 0 Å². The van der Waals surface area contributed by atoms with E-state index in [1.54, 1.807) is 6.33 Å². The van der Waals surface area contributed by atoms with Crippen LogP contribution in [0.15, 0.2) is 67.0 Å². The maximum Gasteiger partial charge on any atom is 0.143 e. The fourth-order valence-electron chi connectivity index (χ4n) is 3.41. The number of hydrogen-bond acceptors (Lipinski definition) is 4. The standard InChI is InChI=1S/C25H29N5/c1-17(19-8-6-5-7-9-19)29-23-21-14-22(30-24(21)27-16-26-23)20-12-10-18(11-13-20)15-28-25(2,3)4/h5-14,16-17,28H,15H2,1-4H3,(H2,26,27,29,30)/t17-/m1/s1. The van der Waals surface area contributed by atoms with Gasteiger partial charge in [-0.2, -0.15) is 0 Å². The van der Waals surface area contributed by atoms with Gasteiger partial charge < -0.3 is 15.6 Å². The summed E-state index contributed by atoms with van der Waals surface area (Å²) in [7, 11) is 0. The predicted octanol–water partition coefficient (Wildman–Crippen LogP) is 5.69. The highest BCUT2D eigenvalue weighted by Crippen LogP contribution is 2.29. The summed E-state index contributed by atoms with van der Waals surface area (Å²) >= 11 is 0. The zero-order valence-corrected chi connectivity index (χ0v) is 18.0. The number of nitrogens with one attached hydrogen (secondary N) is 3. The molecule has 0 aliphatic carbocycles. The van der Waals surface area contributed by atoms with Crippen LogP contribution in [0, 0.1) is 0 Å². The van der Waals surface area contributed by atoms with Crippen molar-refractivity contribution in [3.8, 4) is 11.3 Å². The van der Waals surface area contributed by atoms with Crippen LogP contribution in [-0.4, -0.2) is 20.5 Å². The number of anilines is 1. The fraction of sp³-hybridized carbons (Fsp3) is 0.280. The number of rotatable bonds is 6. The van der Waals surface area contributed by atoms with Gasteiger partial charge in [0.25, 0.3) is 0 Å². The highest BCUT2D eigenvalue weighted by molar-refractivity contribution is 5.91. The van der Waals surface area contributed by atoms with E-state index in [9.17, 15) is 0 Å². The molecule has 0 saturated heterocycles. The summed E-state index contributed by atoms with van der Waals surface area (Å²) in [4.78, 5) is 12.3. The number of benzene rings is 2. The van der Waals surface area contributed by atoms with Crippen LogP contribution in [0.25, 0.3) is 22.3 Å². The molecule has 0 unspecified atom stereocenters. The molecule has 0 aliphatic heterocycles. The second-order valence-corrected chi connectivity index (χ2v) is 8.74. The van der Waals surface area contributed by atoms with E-state index in [1.165, 1.54) is 11.1 Å². The normalized spacial score (nSPS) is 12.8. The third-order valence-corrected chi connectivity index (χ3v) is 5.17. The van der Waals surface area contributed by atoms with Crippen molar-refractivity contribution in [3.05, 3.63) is 78.1 Å². The van der Waals surface area contributed by atoms with Crippen molar-refractivity contribution < 1.29 is 0 Å². The van der Waals surface area contributed by atoms with Gasteiger partial charge in [0, 0.05) is 23.8 Å². The zero-order valence-electron chi connectivity index (χ0n) is 18.0. The molecule has 4 aromatic rings. The first-order valence-electron chi connectivity index (χ1n) is 10.4. The number of aromatic amines is 1. The Morgan fingerprint density at radius 1 is 0.967 bits per heavy atom. The molecule has 2 heterocycles. The van der Waals surface area contributed by atoms with Crippen LogP contribution in [0.5, 0.6) is 0 Å². The van der Waals surface area contributed by atoms with Crippen molar-refractivity contribution in [2.75, 3.05) is 5.32 Å². The summed E-state index contributed by atoms with van der Waals surface area (Å²) in [6.45, 7) is 9.53. The Balaban J connectivity index is 1.56. The third-order valence-electron chi connectivity index (χ3n) is 5.17. The minimum Gasteiger partial charge on any atom is -0.363 e. The van der Waals surface area contributed by atoms with Crippen LogP contribution in [0.4, 0.5) is 5.82 Å². The first kappa shape index (κ1) is 20.1. The van der Waals surface area contributed by atoms with E-state index in [1.807, 2.05) is 6.07 Å². The van der Waals surface area contributed by atoms with Gasteiger partial charge in [0.1, 0.15) is 17.8 Å². The maximum absolute atomic E-state index is 4.49. The fourth-order valence-corrected chi connectivity index (χ4v) is 3.41. The summed E-state index contributed by atoms with van der Waals surface area (Å²) in [5, 5.41) is 8.04. The molecule has 3 N–H and O–H groups in total. The van der Waals surface area contributed by atoms with Crippen molar-refractivity contribution in [1.29, 1.82) is 0 Å². The molecule has 0 radical (unpaired) electrons. The molecular formula is C25H29N5. The smallest absolute Gasteiger partial charge is 0.143 e. The Morgan fingerprint density at radius 3 is 2.40 bits per heavy atom. The van der Waals surface area contributed by atoms with Gasteiger partial charge in [0.15, 0.2) is 0 Å². The van der Waals surface area contributed by atoms with Crippen molar-refractivity contribution in [2.24, 2.45) is 0 Å². The molecule has 1 atom stereocenters. The van der Waals surface area contributed by atoms with E-state index in [0.717, 1.165) is 34.7 Å². The van der Waals surface area contributed by atoms with Gasteiger partial charge >= 0.3 is 0 Å². The van der Waals surface area contributed by atoms with Gasteiger partial charge in [-0.25, -0.2) is 9.97 Å². The van der Waals surface area contributed by atoms with Crippen molar-refractivity contribution >= 4 is 16.9 Å². The average molecular weight is 400 g/mol. The van der Waals surface area contributed by atoms with E-state index in [4.69, 9.17) is 0 Å².